The summed E-state index contributed by atoms with van der Waals surface area (Å²) in [5, 5.41) is 16.8. The van der Waals surface area contributed by atoms with Gasteiger partial charge in [0.1, 0.15) is 6.04 Å². The van der Waals surface area contributed by atoms with Crippen molar-refractivity contribution in [1.82, 2.24) is 0 Å². The molecule has 0 aliphatic heterocycles. The molecule has 13 heavy (non-hydrogen) atoms. The van der Waals surface area contributed by atoms with Gasteiger partial charge in [-0.05, 0) is 12.8 Å². The summed E-state index contributed by atoms with van der Waals surface area (Å²) in [5.74, 6) is -2.03. The third-order valence-corrected chi connectivity index (χ3v) is 1.73. The highest BCUT2D eigenvalue weighted by molar-refractivity contribution is 5.73. The molecular formula is C7H15N2O4+. The van der Waals surface area contributed by atoms with Crippen LogP contribution in [0.2, 0.25) is 0 Å². The molecule has 2 atom stereocenters. The van der Waals surface area contributed by atoms with E-state index in [1.54, 1.807) is 0 Å². The summed E-state index contributed by atoms with van der Waals surface area (Å²) in [7, 11) is 0. The standard InChI is InChI=1S/C7H14N2O4/c8-4(6(10)11)2-1-3-5(9)7(12)13/h4-5H,1-3,8-9H2,(H,10,11)(H,12,13)/p+1/t4-,5+. The van der Waals surface area contributed by atoms with Crippen LogP contribution in [0.25, 0.3) is 0 Å². The second-order valence-electron chi connectivity index (χ2n) is 2.91. The lowest BCUT2D eigenvalue weighted by Gasteiger charge is -2.06. The highest BCUT2D eigenvalue weighted by atomic mass is 16.4. The Hall–Kier alpha value is -1.14. The van der Waals surface area contributed by atoms with E-state index in [1.165, 1.54) is 0 Å². The molecule has 0 aromatic carbocycles. The van der Waals surface area contributed by atoms with E-state index in [0.717, 1.165) is 0 Å². The van der Waals surface area contributed by atoms with Gasteiger partial charge in [0.05, 0.1) is 0 Å². The second kappa shape index (κ2) is 5.50. The fourth-order valence-electron chi connectivity index (χ4n) is 0.831. The first-order chi connectivity index (χ1) is 5.95. The van der Waals surface area contributed by atoms with Crippen LogP contribution in [0.1, 0.15) is 19.3 Å². The van der Waals surface area contributed by atoms with Crippen LogP contribution in [0.4, 0.5) is 0 Å². The smallest absolute Gasteiger partial charge is 0.362 e. The first-order valence-corrected chi connectivity index (χ1v) is 3.99. The van der Waals surface area contributed by atoms with Gasteiger partial charge in [-0.2, -0.15) is 0 Å². The molecule has 0 unspecified atom stereocenters. The van der Waals surface area contributed by atoms with Crippen LogP contribution in [0.15, 0.2) is 0 Å². The molecule has 0 spiro atoms. The van der Waals surface area contributed by atoms with Crippen LogP contribution >= 0.6 is 0 Å². The molecule has 7 N–H and O–H groups in total. The molecule has 0 aliphatic carbocycles. The molecule has 0 rings (SSSR count). The number of carbonyl (C=O) groups is 2. The zero-order chi connectivity index (χ0) is 10.4. The minimum atomic E-state index is -1.06. The lowest BCUT2D eigenvalue weighted by Crippen LogP contribution is -2.64. The van der Waals surface area contributed by atoms with Crippen LogP contribution in [0.3, 0.4) is 0 Å². The van der Waals surface area contributed by atoms with E-state index in [2.05, 4.69) is 5.73 Å². The summed E-state index contributed by atoms with van der Waals surface area (Å²) in [6, 6.07) is -1.58. The SMILES string of the molecule is N[C@@H](CCC[C@@H]([NH3+])C(=O)O)C(=O)O. The van der Waals surface area contributed by atoms with Gasteiger partial charge < -0.3 is 21.7 Å². The van der Waals surface area contributed by atoms with Gasteiger partial charge >= 0.3 is 11.9 Å². The predicted octanol–water partition coefficient (Wildman–Crippen LogP) is -1.74. The number of carboxylic acid groups (broad SMARTS) is 2. The van der Waals surface area contributed by atoms with E-state index < -0.39 is 24.0 Å². The number of quaternary nitrogens is 1. The first-order valence-electron chi connectivity index (χ1n) is 3.99. The highest BCUT2D eigenvalue weighted by Gasteiger charge is 2.17. The second-order valence-corrected chi connectivity index (χ2v) is 2.91. The van der Waals surface area contributed by atoms with Gasteiger partial charge in [0.2, 0.25) is 0 Å². The molecule has 0 amide bonds. The van der Waals surface area contributed by atoms with Crippen molar-refractivity contribution in [2.75, 3.05) is 0 Å². The Kier molecular flexibility index (Phi) is 5.01. The summed E-state index contributed by atoms with van der Waals surface area (Å²) in [6.07, 6.45) is 1.11. The van der Waals surface area contributed by atoms with Gasteiger partial charge in [0.25, 0.3) is 0 Å². The Morgan fingerprint density at radius 1 is 1.23 bits per heavy atom. The maximum Gasteiger partial charge on any atom is 0.362 e. The van der Waals surface area contributed by atoms with Crippen molar-refractivity contribution < 1.29 is 25.5 Å². The molecule has 0 saturated heterocycles. The Labute approximate surface area is 75.5 Å². The molecule has 0 fully saturated rings. The highest BCUT2D eigenvalue weighted by Crippen LogP contribution is 2.00. The molecule has 0 aromatic rings. The lowest BCUT2D eigenvalue weighted by molar-refractivity contribution is -0.409. The van der Waals surface area contributed by atoms with Gasteiger partial charge in [-0.15, -0.1) is 0 Å². The number of rotatable bonds is 6. The van der Waals surface area contributed by atoms with Gasteiger partial charge in [0, 0.05) is 6.42 Å². The third kappa shape index (κ3) is 5.15. The Bertz CT molecular complexity index is 175. The van der Waals surface area contributed by atoms with Gasteiger partial charge in [0.15, 0.2) is 6.04 Å². The Morgan fingerprint density at radius 2 is 1.77 bits per heavy atom. The summed E-state index contributed by atoms with van der Waals surface area (Å²) >= 11 is 0. The maximum absolute atomic E-state index is 10.3. The Balaban J connectivity index is 3.56. The number of carboxylic acids is 2. The molecule has 0 saturated carbocycles. The predicted molar refractivity (Wildman–Crippen MR) is 43.8 cm³/mol. The zero-order valence-corrected chi connectivity index (χ0v) is 7.27. The largest absolute Gasteiger partial charge is 0.480 e. The quantitative estimate of drug-likeness (QED) is 0.396. The molecule has 76 valence electrons. The third-order valence-electron chi connectivity index (χ3n) is 1.73. The molecule has 0 heterocycles. The van der Waals surface area contributed by atoms with Crippen molar-refractivity contribution >= 4 is 11.9 Å². The van der Waals surface area contributed by atoms with Crippen LogP contribution in [0.5, 0.6) is 0 Å². The maximum atomic E-state index is 10.3. The summed E-state index contributed by atoms with van der Waals surface area (Å²) < 4.78 is 0. The fourth-order valence-corrected chi connectivity index (χ4v) is 0.831. The van der Waals surface area contributed by atoms with Crippen molar-refractivity contribution in [1.29, 1.82) is 0 Å². The number of hydrogen-bond acceptors (Lipinski definition) is 3. The van der Waals surface area contributed by atoms with E-state index in [-0.39, 0.29) is 6.42 Å². The average molecular weight is 191 g/mol. The van der Waals surface area contributed by atoms with Crippen LogP contribution < -0.4 is 11.5 Å². The van der Waals surface area contributed by atoms with E-state index in [0.29, 0.717) is 12.8 Å². The normalized spacial score (nSPS) is 14.9. The van der Waals surface area contributed by atoms with Gasteiger partial charge in [-0.3, -0.25) is 4.79 Å². The average Bonchev–Trinajstić information content (AvgIpc) is 2.03. The van der Waals surface area contributed by atoms with E-state index in [9.17, 15) is 9.59 Å². The van der Waals surface area contributed by atoms with Crippen molar-refractivity contribution in [3.05, 3.63) is 0 Å². The topological polar surface area (TPSA) is 128 Å². The van der Waals surface area contributed by atoms with Gasteiger partial charge in [-0.25, -0.2) is 4.79 Å². The minimum absolute atomic E-state index is 0.286. The van der Waals surface area contributed by atoms with E-state index >= 15 is 0 Å². The summed E-state index contributed by atoms with van der Waals surface area (Å²) in [5.41, 5.74) is 8.60. The number of nitrogens with two attached hydrogens (primary N) is 1. The van der Waals surface area contributed by atoms with Crippen LogP contribution in [-0.4, -0.2) is 34.2 Å². The van der Waals surface area contributed by atoms with Crippen LogP contribution in [0, 0.1) is 0 Å². The molecule has 0 aliphatic rings. The van der Waals surface area contributed by atoms with Crippen molar-refractivity contribution in [3.63, 3.8) is 0 Å². The number of hydrogen-bond donors (Lipinski definition) is 4. The summed E-state index contributed by atoms with van der Waals surface area (Å²) in [4.78, 5) is 20.6. The molecule has 0 aromatic heterocycles. The first kappa shape index (κ1) is 11.9. The Morgan fingerprint density at radius 3 is 2.15 bits per heavy atom. The van der Waals surface area contributed by atoms with Crippen molar-refractivity contribution in [2.24, 2.45) is 5.73 Å². The molecule has 6 nitrogen and oxygen atoms in total. The van der Waals surface area contributed by atoms with Crippen molar-refractivity contribution in [2.45, 2.75) is 31.3 Å². The van der Waals surface area contributed by atoms with Crippen molar-refractivity contribution in [3.8, 4) is 0 Å². The van der Waals surface area contributed by atoms with Gasteiger partial charge in [-0.1, -0.05) is 0 Å². The molecular weight excluding hydrogens is 176 g/mol. The monoisotopic (exact) mass is 191 g/mol. The molecule has 6 heteroatoms. The minimum Gasteiger partial charge on any atom is -0.480 e. The summed E-state index contributed by atoms with van der Waals surface area (Å²) in [6.45, 7) is 0. The van der Waals surface area contributed by atoms with E-state index in [1.807, 2.05) is 0 Å². The molecule has 0 radical (unpaired) electrons. The number of aliphatic carboxylic acids is 2. The fraction of sp³-hybridized carbons (Fsp3) is 0.714. The van der Waals surface area contributed by atoms with Crippen LogP contribution in [-0.2, 0) is 9.59 Å². The lowest BCUT2D eigenvalue weighted by atomic mass is 10.1. The van der Waals surface area contributed by atoms with E-state index in [4.69, 9.17) is 15.9 Å². The molecule has 0 bridgehead atoms. The zero-order valence-electron chi connectivity index (χ0n) is 7.27.